The highest BCUT2D eigenvalue weighted by Gasteiger charge is 2.22. The van der Waals surface area contributed by atoms with E-state index in [2.05, 4.69) is 22.9 Å². The van der Waals surface area contributed by atoms with E-state index in [1.165, 1.54) is 26.4 Å². The number of carbonyl (C=O) groups excluding carboxylic acids is 2. The van der Waals surface area contributed by atoms with Crippen LogP contribution in [0.2, 0.25) is 0 Å². The molecule has 1 saturated carbocycles. The van der Waals surface area contributed by atoms with Crippen LogP contribution in [0.3, 0.4) is 0 Å². The summed E-state index contributed by atoms with van der Waals surface area (Å²) in [6, 6.07) is 7.06. The summed E-state index contributed by atoms with van der Waals surface area (Å²) in [7, 11) is 1.47. The SMILES string of the molecule is COCC(=O)Nc1ccc(NC(=O)N[C@@H]2CCCC[C@@H]2C)cc1. The Bertz CT molecular complexity index is 530. The van der Waals surface area contributed by atoms with E-state index < -0.39 is 0 Å². The number of anilines is 2. The van der Waals surface area contributed by atoms with E-state index in [0.717, 1.165) is 6.42 Å². The van der Waals surface area contributed by atoms with E-state index in [-0.39, 0.29) is 24.6 Å². The van der Waals surface area contributed by atoms with Crippen LogP contribution in [0, 0.1) is 5.92 Å². The number of urea groups is 1. The van der Waals surface area contributed by atoms with Gasteiger partial charge >= 0.3 is 6.03 Å². The number of nitrogens with one attached hydrogen (secondary N) is 3. The molecule has 3 amide bonds. The lowest BCUT2D eigenvalue weighted by atomic mass is 9.86. The molecule has 0 saturated heterocycles. The first-order chi connectivity index (χ1) is 11.1. The van der Waals surface area contributed by atoms with Gasteiger partial charge in [0.25, 0.3) is 0 Å². The molecule has 0 bridgehead atoms. The molecule has 0 aliphatic heterocycles. The summed E-state index contributed by atoms with van der Waals surface area (Å²) in [5.74, 6) is 0.310. The molecule has 0 heterocycles. The maximum atomic E-state index is 12.1. The van der Waals surface area contributed by atoms with Crippen LogP contribution in [0.15, 0.2) is 24.3 Å². The molecule has 23 heavy (non-hydrogen) atoms. The predicted octanol–water partition coefficient (Wildman–Crippen LogP) is 2.97. The number of hydrogen-bond donors (Lipinski definition) is 3. The van der Waals surface area contributed by atoms with Crippen LogP contribution in [0.1, 0.15) is 32.6 Å². The van der Waals surface area contributed by atoms with E-state index >= 15 is 0 Å². The minimum absolute atomic E-state index is 0.0159. The van der Waals surface area contributed by atoms with Gasteiger partial charge in [0.2, 0.25) is 5.91 Å². The molecule has 2 atom stereocenters. The van der Waals surface area contributed by atoms with Crippen LogP contribution in [-0.2, 0) is 9.53 Å². The summed E-state index contributed by atoms with van der Waals surface area (Å²) in [5.41, 5.74) is 1.36. The van der Waals surface area contributed by atoms with Crippen molar-refractivity contribution in [3.05, 3.63) is 24.3 Å². The molecule has 1 fully saturated rings. The highest BCUT2D eigenvalue weighted by atomic mass is 16.5. The second-order valence-electron chi connectivity index (χ2n) is 6.03. The van der Waals surface area contributed by atoms with Gasteiger partial charge in [0.05, 0.1) is 0 Å². The van der Waals surface area contributed by atoms with E-state index in [0.29, 0.717) is 17.3 Å². The molecule has 3 N–H and O–H groups in total. The topological polar surface area (TPSA) is 79.5 Å². The molecule has 6 nitrogen and oxygen atoms in total. The zero-order valence-electron chi connectivity index (χ0n) is 13.7. The van der Waals surface area contributed by atoms with Gasteiger partial charge in [-0.1, -0.05) is 19.8 Å². The number of ether oxygens (including phenoxy) is 1. The molecule has 1 aliphatic carbocycles. The van der Waals surface area contributed by atoms with E-state index in [4.69, 9.17) is 4.74 Å². The maximum absolute atomic E-state index is 12.1. The summed E-state index contributed by atoms with van der Waals surface area (Å²) in [6.45, 7) is 2.20. The molecule has 0 aromatic heterocycles. The number of amides is 3. The highest BCUT2D eigenvalue weighted by Crippen LogP contribution is 2.23. The third-order valence-corrected chi connectivity index (χ3v) is 4.13. The fraction of sp³-hybridized carbons (Fsp3) is 0.529. The average molecular weight is 319 g/mol. The first kappa shape index (κ1) is 17.3. The zero-order chi connectivity index (χ0) is 16.7. The lowest BCUT2D eigenvalue weighted by Gasteiger charge is -2.29. The van der Waals surface area contributed by atoms with Gasteiger partial charge in [0.1, 0.15) is 6.61 Å². The van der Waals surface area contributed by atoms with Crippen molar-refractivity contribution in [1.29, 1.82) is 0 Å². The Balaban J connectivity index is 1.82. The fourth-order valence-electron chi connectivity index (χ4n) is 2.83. The van der Waals surface area contributed by atoms with Gasteiger partial charge in [-0.2, -0.15) is 0 Å². The third-order valence-electron chi connectivity index (χ3n) is 4.13. The summed E-state index contributed by atoms with van der Waals surface area (Å²) < 4.78 is 4.76. The predicted molar refractivity (Wildman–Crippen MR) is 90.5 cm³/mol. The second-order valence-corrected chi connectivity index (χ2v) is 6.03. The highest BCUT2D eigenvalue weighted by molar-refractivity contribution is 5.93. The van der Waals surface area contributed by atoms with Gasteiger partial charge in [0, 0.05) is 24.5 Å². The van der Waals surface area contributed by atoms with Gasteiger partial charge in [-0.05, 0) is 43.0 Å². The van der Waals surface area contributed by atoms with Crippen molar-refractivity contribution in [1.82, 2.24) is 5.32 Å². The van der Waals surface area contributed by atoms with Crippen molar-refractivity contribution < 1.29 is 14.3 Å². The van der Waals surface area contributed by atoms with Gasteiger partial charge < -0.3 is 20.7 Å². The Labute approximate surface area is 137 Å². The van der Waals surface area contributed by atoms with Crippen molar-refractivity contribution in [3.63, 3.8) is 0 Å². The first-order valence-electron chi connectivity index (χ1n) is 8.05. The van der Waals surface area contributed by atoms with Gasteiger partial charge in [-0.15, -0.1) is 0 Å². The van der Waals surface area contributed by atoms with Crippen LogP contribution in [0.5, 0.6) is 0 Å². The van der Waals surface area contributed by atoms with Crippen LogP contribution < -0.4 is 16.0 Å². The molecule has 0 unspecified atom stereocenters. The van der Waals surface area contributed by atoms with Crippen molar-refractivity contribution in [2.75, 3.05) is 24.4 Å². The Morgan fingerprint density at radius 3 is 2.30 bits per heavy atom. The van der Waals surface area contributed by atoms with Crippen LogP contribution in [-0.4, -0.2) is 31.7 Å². The maximum Gasteiger partial charge on any atom is 0.319 e. The minimum Gasteiger partial charge on any atom is -0.375 e. The molecule has 1 aromatic carbocycles. The Morgan fingerprint density at radius 1 is 1.09 bits per heavy atom. The standard InChI is InChI=1S/C17H25N3O3/c1-12-5-3-4-6-15(12)20-17(22)19-14-9-7-13(8-10-14)18-16(21)11-23-2/h7-10,12,15H,3-6,11H2,1-2H3,(H,18,21)(H2,19,20,22)/t12-,15+/m0/s1. The van der Waals surface area contributed by atoms with Crippen LogP contribution in [0.25, 0.3) is 0 Å². The van der Waals surface area contributed by atoms with E-state index in [1.54, 1.807) is 24.3 Å². The third kappa shape index (κ3) is 5.56. The molecule has 0 spiro atoms. The smallest absolute Gasteiger partial charge is 0.319 e. The molecule has 126 valence electrons. The average Bonchev–Trinajstić information content (AvgIpc) is 2.52. The monoisotopic (exact) mass is 319 g/mol. The van der Waals surface area contributed by atoms with Crippen LogP contribution >= 0.6 is 0 Å². The summed E-state index contributed by atoms with van der Waals surface area (Å²) in [5, 5.41) is 8.57. The van der Waals surface area contributed by atoms with Crippen LogP contribution in [0.4, 0.5) is 16.2 Å². The number of methoxy groups -OCH3 is 1. The molecule has 1 aromatic rings. The molecule has 6 heteroatoms. The number of carbonyl (C=O) groups is 2. The van der Waals surface area contributed by atoms with Gasteiger partial charge in [0.15, 0.2) is 0 Å². The van der Waals surface area contributed by atoms with E-state index in [9.17, 15) is 9.59 Å². The Hall–Kier alpha value is -2.08. The second kappa shape index (κ2) is 8.53. The quantitative estimate of drug-likeness (QED) is 0.780. The largest absolute Gasteiger partial charge is 0.375 e. The lowest BCUT2D eigenvalue weighted by Crippen LogP contribution is -2.43. The van der Waals surface area contributed by atoms with Gasteiger partial charge in [-0.3, -0.25) is 4.79 Å². The molecular formula is C17H25N3O3. The zero-order valence-corrected chi connectivity index (χ0v) is 13.7. The Kier molecular flexibility index (Phi) is 6.40. The number of benzene rings is 1. The number of hydrogen-bond acceptors (Lipinski definition) is 3. The van der Waals surface area contributed by atoms with E-state index in [1.807, 2.05) is 0 Å². The fourth-order valence-corrected chi connectivity index (χ4v) is 2.83. The number of rotatable bonds is 5. The molecule has 0 radical (unpaired) electrons. The van der Waals surface area contributed by atoms with Crippen molar-refractivity contribution in [2.45, 2.75) is 38.6 Å². The molecule has 1 aliphatic rings. The molecular weight excluding hydrogens is 294 g/mol. The Morgan fingerprint density at radius 2 is 1.70 bits per heavy atom. The minimum atomic E-state index is -0.211. The normalized spacial score (nSPS) is 20.6. The summed E-state index contributed by atoms with van der Waals surface area (Å²) in [6.07, 6.45) is 4.63. The van der Waals surface area contributed by atoms with Crippen molar-refractivity contribution in [2.24, 2.45) is 5.92 Å². The summed E-state index contributed by atoms with van der Waals surface area (Å²) >= 11 is 0. The first-order valence-corrected chi connectivity index (χ1v) is 8.05. The molecule has 2 rings (SSSR count). The summed E-state index contributed by atoms with van der Waals surface area (Å²) in [4.78, 5) is 23.5. The van der Waals surface area contributed by atoms with Crippen molar-refractivity contribution >= 4 is 23.3 Å². The van der Waals surface area contributed by atoms with Gasteiger partial charge in [-0.25, -0.2) is 4.79 Å². The lowest BCUT2D eigenvalue weighted by molar-refractivity contribution is -0.119. The van der Waals surface area contributed by atoms with Crippen molar-refractivity contribution in [3.8, 4) is 0 Å².